The number of anilines is 1. The lowest BCUT2D eigenvalue weighted by atomic mass is 10.1. The molecule has 156 valence electrons. The fourth-order valence-corrected chi connectivity index (χ4v) is 3.67. The van der Waals surface area contributed by atoms with Crippen LogP contribution in [0, 0.1) is 0 Å². The standard InChI is InChI=1S/C22H21ClN2O4S/c1-25(2)30(27,28)21-5-3-4-19(14-21)24-22(26)17-8-6-16(7-9-17)15-29-20-12-10-18(23)11-13-20/h3-14H,15H2,1-2H3,(H,24,26). The zero-order chi connectivity index (χ0) is 21.7. The molecule has 0 saturated carbocycles. The van der Waals surface area contributed by atoms with Crippen molar-refractivity contribution in [3.8, 4) is 5.75 Å². The first-order chi connectivity index (χ1) is 14.3. The monoisotopic (exact) mass is 444 g/mol. The number of nitrogens with one attached hydrogen (secondary N) is 1. The van der Waals surface area contributed by atoms with Gasteiger partial charge in [0.05, 0.1) is 4.90 Å². The van der Waals surface area contributed by atoms with E-state index in [9.17, 15) is 13.2 Å². The average molecular weight is 445 g/mol. The highest BCUT2D eigenvalue weighted by molar-refractivity contribution is 7.89. The van der Waals surface area contributed by atoms with Gasteiger partial charge >= 0.3 is 0 Å². The maximum Gasteiger partial charge on any atom is 0.255 e. The molecule has 0 aliphatic rings. The van der Waals surface area contributed by atoms with Crippen molar-refractivity contribution < 1.29 is 17.9 Å². The summed E-state index contributed by atoms with van der Waals surface area (Å²) >= 11 is 5.85. The summed E-state index contributed by atoms with van der Waals surface area (Å²) in [4.78, 5) is 12.6. The zero-order valence-electron chi connectivity index (χ0n) is 16.5. The Morgan fingerprint density at radius 3 is 2.30 bits per heavy atom. The number of hydrogen-bond donors (Lipinski definition) is 1. The second kappa shape index (κ2) is 9.30. The molecule has 0 atom stereocenters. The molecular weight excluding hydrogens is 424 g/mol. The van der Waals surface area contributed by atoms with Crippen molar-refractivity contribution >= 4 is 33.2 Å². The second-order valence-corrected chi connectivity index (χ2v) is 9.30. The molecule has 8 heteroatoms. The van der Waals surface area contributed by atoms with Crippen LogP contribution < -0.4 is 10.1 Å². The van der Waals surface area contributed by atoms with Crippen LogP contribution in [0.25, 0.3) is 0 Å². The molecule has 30 heavy (non-hydrogen) atoms. The molecule has 0 heterocycles. The Bertz CT molecular complexity index is 1130. The SMILES string of the molecule is CN(C)S(=O)(=O)c1cccc(NC(=O)c2ccc(COc3ccc(Cl)cc3)cc2)c1. The molecule has 3 rings (SSSR count). The third-order valence-corrected chi connectivity index (χ3v) is 6.37. The lowest BCUT2D eigenvalue weighted by molar-refractivity contribution is 0.102. The number of rotatable bonds is 7. The predicted molar refractivity (Wildman–Crippen MR) is 117 cm³/mol. The predicted octanol–water partition coefficient (Wildman–Crippen LogP) is 4.42. The molecule has 0 fully saturated rings. The van der Waals surface area contributed by atoms with Gasteiger partial charge in [0.2, 0.25) is 10.0 Å². The second-order valence-electron chi connectivity index (χ2n) is 6.71. The maximum atomic E-state index is 12.5. The summed E-state index contributed by atoms with van der Waals surface area (Å²) in [6.45, 7) is 0.355. The number of amides is 1. The van der Waals surface area contributed by atoms with E-state index >= 15 is 0 Å². The van der Waals surface area contributed by atoms with Crippen LogP contribution in [0.4, 0.5) is 5.69 Å². The van der Waals surface area contributed by atoms with Crippen molar-refractivity contribution in [2.24, 2.45) is 0 Å². The number of benzene rings is 3. The molecule has 0 unspecified atom stereocenters. The van der Waals surface area contributed by atoms with Crippen LogP contribution in [-0.4, -0.2) is 32.7 Å². The van der Waals surface area contributed by atoms with E-state index in [1.807, 2.05) is 0 Å². The third-order valence-electron chi connectivity index (χ3n) is 4.31. The van der Waals surface area contributed by atoms with E-state index in [4.69, 9.17) is 16.3 Å². The first-order valence-corrected chi connectivity index (χ1v) is 10.9. The molecule has 1 amide bonds. The average Bonchev–Trinajstić information content (AvgIpc) is 2.74. The van der Waals surface area contributed by atoms with Crippen LogP contribution in [0.15, 0.2) is 77.7 Å². The lowest BCUT2D eigenvalue weighted by Crippen LogP contribution is -2.22. The molecule has 0 saturated heterocycles. The molecule has 0 aliphatic heterocycles. The number of carbonyl (C=O) groups excluding carboxylic acids is 1. The Morgan fingerprint density at radius 1 is 1.00 bits per heavy atom. The van der Waals surface area contributed by atoms with Crippen molar-refractivity contribution in [2.75, 3.05) is 19.4 Å². The van der Waals surface area contributed by atoms with Crippen molar-refractivity contribution in [2.45, 2.75) is 11.5 Å². The van der Waals surface area contributed by atoms with Crippen LogP contribution in [-0.2, 0) is 16.6 Å². The fraction of sp³-hybridized carbons (Fsp3) is 0.136. The lowest BCUT2D eigenvalue weighted by Gasteiger charge is -2.13. The molecule has 3 aromatic carbocycles. The topological polar surface area (TPSA) is 75.7 Å². The Kier molecular flexibility index (Phi) is 6.77. The molecule has 0 aliphatic carbocycles. The van der Waals surface area contributed by atoms with Crippen LogP contribution in [0.2, 0.25) is 5.02 Å². The van der Waals surface area contributed by atoms with Gasteiger partial charge in [-0.1, -0.05) is 29.8 Å². The van der Waals surface area contributed by atoms with Gasteiger partial charge < -0.3 is 10.1 Å². The largest absolute Gasteiger partial charge is 0.489 e. The van der Waals surface area contributed by atoms with Crippen LogP contribution in [0.3, 0.4) is 0 Å². The molecule has 1 N–H and O–H groups in total. The van der Waals surface area contributed by atoms with Gasteiger partial charge in [-0.25, -0.2) is 12.7 Å². The molecule has 0 radical (unpaired) electrons. The minimum atomic E-state index is -3.58. The van der Waals surface area contributed by atoms with Gasteiger partial charge in [0.15, 0.2) is 0 Å². The molecule has 6 nitrogen and oxygen atoms in total. The van der Waals surface area contributed by atoms with Crippen LogP contribution in [0.1, 0.15) is 15.9 Å². The number of nitrogens with zero attached hydrogens (tertiary/aromatic N) is 1. The van der Waals surface area contributed by atoms with Gasteiger partial charge in [-0.3, -0.25) is 4.79 Å². The van der Waals surface area contributed by atoms with Crippen molar-refractivity contribution in [1.29, 1.82) is 0 Å². The molecule has 0 aromatic heterocycles. The Hall–Kier alpha value is -2.87. The Balaban J connectivity index is 1.64. The first kappa shape index (κ1) is 21.8. The van der Waals surface area contributed by atoms with Gasteiger partial charge in [-0.2, -0.15) is 0 Å². The number of ether oxygens (including phenoxy) is 1. The highest BCUT2D eigenvalue weighted by Crippen LogP contribution is 2.20. The number of carbonyl (C=O) groups is 1. The summed E-state index contributed by atoms with van der Waals surface area (Å²) in [5.74, 6) is 0.369. The number of hydrogen-bond acceptors (Lipinski definition) is 4. The Labute approximate surface area is 181 Å². The van der Waals surface area contributed by atoms with Gasteiger partial charge in [0.25, 0.3) is 5.91 Å². The van der Waals surface area contributed by atoms with E-state index in [1.165, 1.54) is 26.2 Å². The highest BCUT2D eigenvalue weighted by Gasteiger charge is 2.17. The number of sulfonamides is 1. The summed E-state index contributed by atoms with van der Waals surface area (Å²) in [6.07, 6.45) is 0. The van der Waals surface area contributed by atoms with Gasteiger partial charge in [0.1, 0.15) is 12.4 Å². The first-order valence-electron chi connectivity index (χ1n) is 9.07. The van der Waals surface area contributed by atoms with E-state index in [0.717, 1.165) is 9.87 Å². The minimum Gasteiger partial charge on any atom is -0.489 e. The van der Waals surface area contributed by atoms with Gasteiger partial charge in [0, 0.05) is 30.4 Å². The van der Waals surface area contributed by atoms with Gasteiger partial charge in [-0.05, 0) is 60.2 Å². The molecule has 0 spiro atoms. The van der Waals surface area contributed by atoms with Gasteiger partial charge in [-0.15, -0.1) is 0 Å². The van der Waals surface area contributed by atoms with E-state index < -0.39 is 10.0 Å². The van der Waals surface area contributed by atoms with Crippen molar-refractivity contribution in [1.82, 2.24) is 4.31 Å². The summed E-state index contributed by atoms with van der Waals surface area (Å²) < 4.78 is 31.3. The zero-order valence-corrected chi connectivity index (χ0v) is 18.1. The summed E-state index contributed by atoms with van der Waals surface area (Å²) in [5.41, 5.74) is 1.75. The van der Waals surface area contributed by atoms with E-state index in [1.54, 1.807) is 60.7 Å². The summed E-state index contributed by atoms with van der Waals surface area (Å²) in [6, 6.07) is 20.2. The van der Waals surface area contributed by atoms with E-state index in [-0.39, 0.29) is 10.8 Å². The molecule has 0 bridgehead atoms. The summed E-state index contributed by atoms with van der Waals surface area (Å²) in [7, 11) is -0.662. The third kappa shape index (κ3) is 5.38. The molecule has 3 aromatic rings. The summed E-state index contributed by atoms with van der Waals surface area (Å²) in [5, 5.41) is 3.37. The van der Waals surface area contributed by atoms with Crippen LogP contribution in [0.5, 0.6) is 5.75 Å². The van der Waals surface area contributed by atoms with Crippen molar-refractivity contribution in [3.63, 3.8) is 0 Å². The fourth-order valence-electron chi connectivity index (χ4n) is 2.60. The normalized spacial score (nSPS) is 11.3. The van der Waals surface area contributed by atoms with Crippen LogP contribution >= 0.6 is 11.6 Å². The van der Waals surface area contributed by atoms with Crippen molar-refractivity contribution in [3.05, 3.63) is 88.9 Å². The van der Waals surface area contributed by atoms with E-state index in [0.29, 0.717) is 28.6 Å². The smallest absolute Gasteiger partial charge is 0.255 e. The minimum absolute atomic E-state index is 0.111. The van der Waals surface area contributed by atoms with E-state index in [2.05, 4.69) is 5.32 Å². The number of halogens is 1. The quantitative estimate of drug-likeness (QED) is 0.585. The molecular formula is C22H21ClN2O4S. The maximum absolute atomic E-state index is 12.5. The highest BCUT2D eigenvalue weighted by atomic mass is 35.5. The Morgan fingerprint density at radius 2 is 1.67 bits per heavy atom.